The number of benzene rings is 1. The molecule has 10 heteroatoms. The molecule has 0 aliphatic rings. The van der Waals surface area contributed by atoms with Crippen LogP contribution in [0.3, 0.4) is 0 Å². The monoisotopic (exact) mass is 329 g/mol. The highest BCUT2D eigenvalue weighted by molar-refractivity contribution is 7.90. The van der Waals surface area contributed by atoms with Crippen molar-refractivity contribution in [1.82, 2.24) is 4.72 Å². The zero-order valence-electron chi connectivity index (χ0n) is 10.9. The molecule has 0 aliphatic carbocycles. The standard InChI is InChI=1S/C11H11F4NO4S/c1-6(20-2)10(17)16-21(18,19)7-3-4-9(12)8(5-7)11(13,14)15/h3-6H,1-2H3,(H,16,17)/t6-/m1/s1. The van der Waals surface area contributed by atoms with Gasteiger partial charge in [-0.25, -0.2) is 17.5 Å². The molecular weight excluding hydrogens is 318 g/mol. The van der Waals surface area contributed by atoms with Crippen LogP contribution < -0.4 is 4.72 Å². The largest absolute Gasteiger partial charge is 0.419 e. The lowest BCUT2D eigenvalue weighted by atomic mass is 10.2. The van der Waals surface area contributed by atoms with E-state index in [1.807, 2.05) is 0 Å². The minimum absolute atomic E-state index is 0.114. The number of alkyl halides is 3. The zero-order chi connectivity index (χ0) is 16.4. The molecule has 0 aromatic heterocycles. The maximum Gasteiger partial charge on any atom is 0.419 e. The van der Waals surface area contributed by atoms with Gasteiger partial charge < -0.3 is 4.74 Å². The van der Waals surface area contributed by atoms with Crippen molar-refractivity contribution in [1.29, 1.82) is 0 Å². The molecule has 0 spiro atoms. The van der Waals surface area contributed by atoms with Crippen LogP contribution in [0.25, 0.3) is 0 Å². The molecule has 0 heterocycles. The summed E-state index contributed by atoms with van der Waals surface area (Å²) in [7, 11) is -3.41. The van der Waals surface area contributed by atoms with Gasteiger partial charge in [0.05, 0.1) is 10.5 Å². The second-order valence-electron chi connectivity index (χ2n) is 3.99. The van der Waals surface area contributed by atoms with E-state index < -0.39 is 44.5 Å². The molecule has 0 radical (unpaired) electrons. The van der Waals surface area contributed by atoms with Crippen molar-refractivity contribution in [3.63, 3.8) is 0 Å². The second kappa shape index (κ2) is 5.98. The van der Waals surface area contributed by atoms with Crippen LogP contribution in [-0.2, 0) is 25.7 Å². The summed E-state index contributed by atoms with van der Waals surface area (Å²) < 4.78 is 80.3. The van der Waals surface area contributed by atoms with E-state index in [1.165, 1.54) is 11.6 Å². The summed E-state index contributed by atoms with van der Waals surface area (Å²) in [4.78, 5) is 10.5. The van der Waals surface area contributed by atoms with E-state index in [-0.39, 0.29) is 6.07 Å². The first kappa shape index (κ1) is 17.4. The van der Waals surface area contributed by atoms with Crippen molar-refractivity contribution in [3.8, 4) is 0 Å². The molecule has 0 fully saturated rings. The molecule has 0 saturated heterocycles. The lowest BCUT2D eigenvalue weighted by Crippen LogP contribution is -2.38. The van der Waals surface area contributed by atoms with E-state index in [1.54, 1.807) is 0 Å². The summed E-state index contributed by atoms with van der Waals surface area (Å²) in [5, 5.41) is 0. The van der Waals surface area contributed by atoms with Crippen LogP contribution >= 0.6 is 0 Å². The van der Waals surface area contributed by atoms with E-state index in [2.05, 4.69) is 4.74 Å². The van der Waals surface area contributed by atoms with Crippen LogP contribution in [0.5, 0.6) is 0 Å². The Bertz CT molecular complexity index is 642. The van der Waals surface area contributed by atoms with E-state index in [0.29, 0.717) is 12.1 Å². The molecule has 1 atom stereocenters. The fourth-order valence-electron chi connectivity index (χ4n) is 1.27. The van der Waals surface area contributed by atoms with Gasteiger partial charge in [0.15, 0.2) is 0 Å². The molecule has 5 nitrogen and oxygen atoms in total. The number of hydrogen-bond acceptors (Lipinski definition) is 4. The maximum absolute atomic E-state index is 13.1. The Labute approximate surface area is 118 Å². The van der Waals surface area contributed by atoms with Crippen molar-refractivity contribution in [2.24, 2.45) is 0 Å². The topological polar surface area (TPSA) is 72.5 Å². The van der Waals surface area contributed by atoms with E-state index in [4.69, 9.17) is 0 Å². The number of methoxy groups -OCH3 is 1. The molecule has 1 aromatic carbocycles. The number of carbonyl (C=O) groups excluding carboxylic acids is 1. The SMILES string of the molecule is CO[C@H](C)C(=O)NS(=O)(=O)c1ccc(F)c(C(F)(F)F)c1. The summed E-state index contributed by atoms with van der Waals surface area (Å²) in [6.45, 7) is 1.25. The van der Waals surface area contributed by atoms with Crippen LogP contribution in [0, 0.1) is 5.82 Å². The third kappa shape index (κ3) is 4.14. The molecular formula is C11H11F4NO4S. The Balaban J connectivity index is 3.19. The predicted octanol–water partition coefficient (Wildman–Crippen LogP) is 1.68. The minimum Gasteiger partial charge on any atom is -0.372 e. The van der Waals surface area contributed by atoms with Crippen molar-refractivity contribution >= 4 is 15.9 Å². The summed E-state index contributed by atoms with van der Waals surface area (Å²) in [6, 6.07) is 1.10. The van der Waals surface area contributed by atoms with Crippen LogP contribution in [0.1, 0.15) is 12.5 Å². The summed E-state index contributed by atoms with van der Waals surface area (Å²) in [5.74, 6) is -2.67. The fraction of sp³-hybridized carbons (Fsp3) is 0.364. The first-order valence-electron chi connectivity index (χ1n) is 5.45. The van der Waals surface area contributed by atoms with E-state index in [9.17, 15) is 30.8 Å². The molecule has 118 valence electrons. The van der Waals surface area contributed by atoms with Crippen LogP contribution in [-0.4, -0.2) is 27.5 Å². The Morgan fingerprint density at radius 3 is 2.38 bits per heavy atom. The van der Waals surface area contributed by atoms with Gasteiger partial charge in [-0.05, 0) is 25.1 Å². The lowest BCUT2D eigenvalue weighted by Gasteiger charge is -2.13. The number of sulfonamides is 1. The summed E-state index contributed by atoms with van der Waals surface area (Å²) >= 11 is 0. The average Bonchev–Trinajstić information content (AvgIpc) is 2.35. The Kier molecular flexibility index (Phi) is 4.95. The molecule has 1 N–H and O–H groups in total. The molecule has 1 aromatic rings. The Morgan fingerprint density at radius 2 is 1.90 bits per heavy atom. The molecule has 0 saturated carbocycles. The van der Waals surface area contributed by atoms with Crippen LogP contribution in [0.2, 0.25) is 0 Å². The van der Waals surface area contributed by atoms with Crippen molar-refractivity contribution in [2.45, 2.75) is 24.1 Å². The van der Waals surface area contributed by atoms with Crippen molar-refractivity contribution < 1.29 is 35.5 Å². The molecule has 21 heavy (non-hydrogen) atoms. The van der Waals surface area contributed by atoms with Gasteiger partial charge in [-0.2, -0.15) is 13.2 Å². The molecule has 0 bridgehead atoms. The first-order chi connectivity index (χ1) is 9.49. The molecule has 1 amide bonds. The second-order valence-corrected chi connectivity index (χ2v) is 5.67. The number of halogens is 4. The van der Waals surface area contributed by atoms with Crippen molar-refractivity contribution in [2.75, 3.05) is 7.11 Å². The molecule has 0 aliphatic heterocycles. The number of carbonyl (C=O) groups is 1. The van der Waals surface area contributed by atoms with Gasteiger partial charge in [0.2, 0.25) is 0 Å². The normalized spacial score (nSPS) is 13.8. The minimum atomic E-state index is -5.06. The molecule has 1 rings (SSSR count). The average molecular weight is 329 g/mol. The summed E-state index contributed by atoms with van der Waals surface area (Å²) in [5.41, 5.74) is -1.74. The van der Waals surface area contributed by atoms with Gasteiger partial charge in [-0.3, -0.25) is 4.79 Å². The Morgan fingerprint density at radius 1 is 1.33 bits per heavy atom. The van der Waals surface area contributed by atoms with E-state index in [0.717, 1.165) is 7.11 Å². The first-order valence-corrected chi connectivity index (χ1v) is 6.93. The highest BCUT2D eigenvalue weighted by atomic mass is 32.2. The van der Waals surface area contributed by atoms with E-state index >= 15 is 0 Å². The number of rotatable bonds is 4. The van der Waals surface area contributed by atoms with Gasteiger partial charge in [-0.1, -0.05) is 0 Å². The fourth-order valence-corrected chi connectivity index (χ4v) is 2.34. The Hall–Kier alpha value is -1.68. The van der Waals surface area contributed by atoms with Gasteiger partial charge in [0.25, 0.3) is 15.9 Å². The lowest BCUT2D eigenvalue weighted by molar-refractivity contribution is -0.140. The van der Waals surface area contributed by atoms with Crippen LogP contribution in [0.4, 0.5) is 17.6 Å². The van der Waals surface area contributed by atoms with Gasteiger partial charge >= 0.3 is 6.18 Å². The number of amides is 1. The summed E-state index contributed by atoms with van der Waals surface area (Å²) in [6.07, 6.45) is -6.18. The highest BCUT2D eigenvalue weighted by Crippen LogP contribution is 2.32. The third-order valence-electron chi connectivity index (χ3n) is 2.51. The quantitative estimate of drug-likeness (QED) is 0.853. The van der Waals surface area contributed by atoms with Gasteiger partial charge in [-0.15, -0.1) is 0 Å². The number of ether oxygens (including phenoxy) is 1. The van der Waals surface area contributed by atoms with Crippen molar-refractivity contribution in [3.05, 3.63) is 29.6 Å². The predicted molar refractivity (Wildman–Crippen MR) is 63.2 cm³/mol. The zero-order valence-corrected chi connectivity index (χ0v) is 11.7. The number of hydrogen-bond donors (Lipinski definition) is 1. The maximum atomic E-state index is 13.1. The van der Waals surface area contributed by atoms with Crippen LogP contribution in [0.15, 0.2) is 23.1 Å². The van der Waals surface area contributed by atoms with Gasteiger partial charge in [0, 0.05) is 7.11 Å². The smallest absolute Gasteiger partial charge is 0.372 e. The number of nitrogens with one attached hydrogen (secondary N) is 1. The molecule has 0 unspecified atom stereocenters. The third-order valence-corrected chi connectivity index (χ3v) is 3.86. The highest BCUT2D eigenvalue weighted by Gasteiger charge is 2.35. The van der Waals surface area contributed by atoms with Gasteiger partial charge in [0.1, 0.15) is 11.9 Å².